The fraction of sp³-hybridized carbons (Fsp3) is 0.471. The Kier molecular flexibility index (Phi) is 5.76. The SMILES string of the molecule is CCCN(CCC)Cc1sc(=O)[nH]c1-c1ccc(C)cc1. The molecule has 0 saturated carbocycles. The Morgan fingerprint density at radius 3 is 2.29 bits per heavy atom. The normalized spacial score (nSPS) is 11.2. The summed E-state index contributed by atoms with van der Waals surface area (Å²) < 4.78 is 0. The second kappa shape index (κ2) is 7.57. The van der Waals surface area contributed by atoms with Crippen LogP contribution in [-0.4, -0.2) is 23.0 Å². The van der Waals surface area contributed by atoms with Gasteiger partial charge in [-0.3, -0.25) is 9.69 Å². The van der Waals surface area contributed by atoms with Crippen molar-refractivity contribution in [1.82, 2.24) is 9.88 Å². The molecule has 3 nitrogen and oxygen atoms in total. The molecule has 0 aliphatic carbocycles. The number of aromatic amines is 1. The molecule has 1 aromatic carbocycles. The molecule has 0 radical (unpaired) electrons. The van der Waals surface area contributed by atoms with Gasteiger partial charge in [-0.05, 0) is 38.4 Å². The highest BCUT2D eigenvalue weighted by Gasteiger charge is 2.13. The van der Waals surface area contributed by atoms with Crippen LogP contribution in [0.25, 0.3) is 11.3 Å². The van der Waals surface area contributed by atoms with Crippen LogP contribution >= 0.6 is 11.3 Å². The summed E-state index contributed by atoms with van der Waals surface area (Å²) in [6, 6.07) is 8.34. The Labute approximate surface area is 130 Å². The van der Waals surface area contributed by atoms with Crippen molar-refractivity contribution < 1.29 is 0 Å². The monoisotopic (exact) mass is 304 g/mol. The zero-order valence-electron chi connectivity index (χ0n) is 13.1. The zero-order chi connectivity index (χ0) is 15.2. The molecule has 0 unspecified atom stereocenters. The number of benzene rings is 1. The first-order chi connectivity index (χ1) is 10.1. The van der Waals surface area contributed by atoms with E-state index in [4.69, 9.17) is 0 Å². The van der Waals surface area contributed by atoms with Crippen molar-refractivity contribution in [2.45, 2.75) is 40.2 Å². The summed E-state index contributed by atoms with van der Waals surface area (Å²) in [5.74, 6) is 0. The van der Waals surface area contributed by atoms with Crippen LogP contribution in [0.2, 0.25) is 0 Å². The van der Waals surface area contributed by atoms with Gasteiger partial charge in [0.15, 0.2) is 0 Å². The van der Waals surface area contributed by atoms with Gasteiger partial charge in [0.05, 0.1) is 5.69 Å². The van der Waals surface area contributed by atoms with Crippen molar-refractivity contribution in [2.24, 2.45) is 0 Å². The number of rotatable bonds is 7. The van der Waals surface area contributed by atoms with E-state index in [0.717, 1.165) is 48.6 Å². The molecule has 2 aromatic rings. The highest BCUT2D eigenvalue weighted by molar-refractivity contribution is 7.09. The summed E-state index contributed by atoms with van der Waals surface area (Å²) in [6.45, 7) is 9.48. The molecule has 1 heterocycles. The fourth-order valence-electron chi connectivity index (χ4n) is 2.53. The average Bonchev–Trinajstić information content (AvgIpc) is 2.81. The van der Waals surface area contributed by atoms with Gasteiger partial charge >= 0.3 is 4.87 Å². The third-order valence-electron chi connectivity index (χ3n) is 3.51. The minimum Gasteiger partial charge on any atom is -0.312 e. The third kappa shape index (κ3) is 4.29. The van der Waals surface area contributed by atoms with E-state index in [-0.39, 0.29) is 4.87 Å². The molecule has 0 spiro atoms. The highest BCUT2D eigenvalue weighted by atomic mass is 32.1. The summed E-state index contributed by atoms with van der Waals surface area (Å²) >= 11 is 1.34. The molecule has 2 rings (SSSR count). The minimum absolute atomic E-state index is 0.0357. The third-order valence-corrected chi connectivity index (χ3v) is 4.38. The maximum atomic E-state index is 11.8. The van der Waals surface area contributed by atoms with Crippen molar-refractivity contribution in [1.29, 1.82) is 0 Å². The van der Waals surface area contributed by atoms with Gasteiger partial charge in [-0.25, -0.2) is 0 Å². The fourth-order valence-corrected chi connectivity index (χ4v) is 3.43. The lowest BCUT2D eigenvalue weighted by molar-refractivity contribution is 0.269. The van der Waals surface area contributed by atoms with Gasteiger partial charge < -0.3 is 4.98 Å². The van der Waals surface area contributed by atoms with Crippen LogP contribution in [0.15, 0.2) is 29.1 Å². The molecule has 0 atom stereocenters. The number of thiazole rings is 1. The van der Waals surface area contributed by atoms with E-state index in [9.17, 15) is 4.79 Å². The van der Waals surface area contributed by atoms with Crippen LogP contribution in [0.3, 0.4) is 0 Å². The number of hydrogen-bond donors (Lipinski definition) is 1. The lowest BCUT2D eigenvalue weighted by Crippen LogP contribution is -2.24. The maximum Gasteiger partial charge on any atom is 0.305 e. The largest absolute Gasteiger partial charge is 0.312 e. The van der Waals surface area contributed by atoms with Crippen LogP contribution in [0, 0.1) is 6.92 Å². The van der Waals surface area contributed by atoms with Gasteiger partial charge in [-0.1, -0.05) is 55.0 Å². The van der Waals surface area contributed by atoms with E-state index in [1.807, 2.05) is 0 Å². The van der Waals surface area contributed by atoms with Crippen molar-refractivity contribution in [3.8, 4) is 11.3 Å². The van der Waals surface area contributed by atoms with Crippen LogP contribution in [-0.2, 0) is 6.54 Å². The van der Waals surface area contributed by atoms with Gasteiger partial charge in [-0.15, -0.1) is 0 Å². The van der Waals surface area contributed by atoms with E-state index >= 15 is 0 Å². The summed E-state index contributed by atoms with van der Waals surface area (Å²) in [7, 11) is 0. The van der Waals surface area contributed by atoms with E-state index in [1.165, 1.54) is 16.9 Å². The van der Waals surface area contributed by atoms with E-state index in [0.29, 0.717) is 0 Å². The predicted octanol–water partition coefficient (Wildman–Crippen LogP) is 4.03. The molecule has 1 N–H and O–H groups in total. The molecule has 0 amide bonds. The first-order valence-corrected chi connectivity index (χ1v) is 8.47. The summed E-state index contributed by atoms with van der Waals surface area (Å²) in [5.41, 5.74) is 3.32. The first-order valence-electron chi connectivity index (χ1n) is 7.65. The lowest BCUT2D eigenvalue weighted by Gasteiger charge is -2.20. The quantitative estimate of drug-likeness (QED) is 0.838. The van der Waals surface area contributed by atoms with Gasteiger partial charge in [0.2, 0.25) is 0 Å². The molecule has 0 bridgehead atoms. The van der Waals surface area contributed by atoms with Crippen molar-refractivity contribution >= 4 is 11.3 Å². The number of nitrogens with zero attached hydrogens (tertiary/aromatic N) is 1. The standard InChI is InChI=1S/C17H24N2OS/c1-4-10-19(11-5-2)12-15-16(18-17(20)21-15)14-8-6-13(3)7-9-14/h6-9H,4-5,10-12H2,1-3H3,(H,18,20). The molecule has 4 heteroatoms. The second-order valence-electron chi connectivity index (χ2n) is 5.45. The van der Waals surface area contributed by atoms with Crippen molar-refractivity contribution in [3.05, 3.63) is 44.4 Å². The van der Waals surface area contributed by atoms with Crippen LogP contribution in [0.4, 0.5) is 0 Å². The van der Waals surface area contributed by atoms with E-state index < -0.39 is 0 Å². The van der Waals surface area contributed by atoms with Crippen LogP contribution in [0.1, 0.15) is 37.1 Å². The Balaban J connectivity index is 2.27. The Morgan fingerprint density at radius 1 is 1.10 bits per heavy atom. The van der Waals surface area contributed by atoms with Crippen molar-refractivity contribution in [2.75, 3.05) is 13.1 Å². The van der Waals surface area contributed by atoms with E-state index in [1.54, 1.807) is 0 Å². The summed E-state index contributed by atoms with van der Waals surface area (Å²) in [4.78, 5) is 18.4. The molecular formula is C17H24N2OS. The highest BCUT2D eigenvalue weighted by Crippen LogP contribution is 2.25. The Bertz CT molecular complexity index is 606. The molecule has 0 aliphatic rings. The Hall–Kier alpha value is -1.39. The number of H-pyrrole nitrogens is 1. The number of hydrogen-bond acceptors (Lipinski definition) is 3. The minimum atomic E-state index is 0.0357. The molecule has 0 aliphatic heterocycles. The zero-order valence-corrected chi connectivity index (χ0v) is 13.9. The average molecular weight is 304 g/mol. The molecule has 114 valence electrons. The summed E-state index contributed by atoms with van der Waals surface area (Å²) in [5, 5.41) is 0. The maximum absolute atomic E-state index is 11.8. The molecule has 0 saturated heterocycles. The van der Waals surface area contributed by atoms with Gasteiger partial charge in [0.1, 0.15) is 0 Å². The lowest BCUT2D eigenvalue weighted by atomic mass is 10.1. The number of nitrogens with one attached hydrogen (secondary N) is 1. The van der Waals surface area contributed by atoms with Gasteiger partial charge in [-0.2, -0.15) is 0 Å². The molecule has 1 aromatic heterocycles. The van der Waals surface area contributed by atoms with Crippen molar-refractivity contribution in [3.63, 3.8) is 0 Å². The van der Waals surface area contributed by atoms with Gasteiger partial charge in [0.25, 0.3) is 0 Å². The first kappa shape index (κ1) is 16.0. The topological polar surface area (TPSA) is 36.1 Å². The predicted molar refractivity (Wildman–Crippen MR) is 91.0 cm³/mol. The smallest absolute Gasteiger partial charge is 0.305 e. The van der Waals surface area contributed by atoms with E-state index in [2.05, 4.69) is 54.9 Å². The molecule has 21 heavy (non-hydrogen) atoms. The molecular weight excluding hydrogens is 280 g/mol. The van der Waals surface area contributed by atoms with Gasteiger partial charge in [0, 0.05) is 11.4 Å². The van der Waals surface area contributed by atoms with Crippen LogP contribution < -0.4 is 4.87 Å². The second-order valence-corrected chi connectivity index (χ2v) is 6.52. The van der Waals surface area contributed by atoms with Crippen LogP contribution in [0.5, 0.6) is 0 Å². The Morgan fingerprint density at radius 2 is 1.71 bits per heavy atom. The number of aryl methyl sites for hydroxylation is 1. The molecule has 0 fully saturated rings. The number of aromatic nitrogens is 1. The summed E-state index contributed by atoms with van der Waals surface area (Å²) in [6.07, 6.45) is 2.28.